The second-order valence-electron chi connectivity index (χ2n) is 9.48. The van der Waals surface area contributed by atoms with Gasteiger partial charge in [-0.3, -0.25) is 14.4 Å². The smallest absolute Gasteiger partial charge is 0.255 e. The monoisotopic (exact) mass is 501 g/mol. The molecular formula is C28H31N5O4. The van der Waals surface area contributed by atoms with Crippen LogP contribution in [0.3, 0.4) is 0 Å². The van der Waals surface area contributed by atoms with Crippen LogP contribution in [-0.4, -0.2) is 63.7 Å². The maximum atomic E-state index is 13.3. The molecule has 0 saturated carbocycles. The molecule has 3 atom stereocenters. The molecule has 192 valence electrons. The topological polar surface area (TPSA) is 106 Å². The average Bonchev–Trinajstić information content (AvgIpc) is 3.53. The number of amides is 3. The van der Waals surface area contributed by atoms with Gasteiger partial charge in [0.2, 0.25) is 11.8 Å². The number of piperazine rings is 1. The number of fused-ring (bicyclic) bond motifs is 1. The Morgan fingerprint density at radius 1 is 1.11 bits per heavy atom. The van der Waals surface area contributed by atoms with Gasteiger partial charge in [0.05, 0.1) is 36.4 Å². The third kappa shape index (κ3) is 5.27. The molecule has 37 heavy (non-hydrogen) atoms. The normalized spacial score (nSPS) is 21.0. The molecule has 3 amide bonds. The third-order valence-corrected chi connectivity index (χ3v) is 6.83. The van der Waals surface area contributed by atoms with E-state index >= 15 is 0 Å². The number of hydrogen-bond donors (Lipinski definition) is 2. The Morgan fingerprint density at radius 3 is 2.57 bits per heavy atom. The van der Waals surface area contributed by atoms with Crippen molar-refractivity contribution in [3.63, 3.8) is 0 Å². The van der Waals surface area contributed by atoms with Crippen molar-refractivity contribution in [3.05, 3.63) is 83.7 Å². The van der Waals surface area contributed by atoms with E-state index in [2.05, 4.69) is 22.7 Å². The fourth-order valence-electron chi connectivity index (χ4n) is 5.04. The highest BCUT2D eigenvalue weighted by Crippen LogP contribution is 2.24. The molecule has 2 N–H and O–H groups in total. The Morgan fingerprint density at radius 2 is 1.84 bits per heavy atom. The number of hydrogen-bond acceptors (Lipinski definition) is 5. The Hall–Kier alpha value is -3.98. The number of benzene rings is 2. The lowest BCUT2D eigenvalue weighted by Crippen LogP contribution is -2.62. The minimum atomic E-state index is -0.734. The SMILES string of the molecule is CCCc1c(C(=O)N[C@H]2C[C@H]3C(=O)N[C@@H](COCc4ccccc4)C(=O)N3C2)cnn1-c1ccccc1. The molecule has 2 fully saturated rings. The Bertz CT molecular complexity index is 1260. The summed E-state index contributed by atoms with van der Waals surface area (Å²) >= 11 is 0. The summed E-state index contributed by atoms with van der Waals surface area (Å²) in [5.41, 5.74) is 3.24. The van der Waals surface area contributed by atoms with Crippen molar-refractivity contribution in [2.24, 2.45) is 0 Å². The maximum Gasteiger partial charge on any atom is 0.255 e. The van der Waals surface area contributed by atoms with Crippen LogP contribution in [0.15, 0.2) is 66.9 Å². The molecule has 9 heteroatoms. The van der Waals surface area contributed by atoms with Crippen LogP contribution in [-0.2, 0) is 27.4 Å². The van der Waals surface area contributed by atoms with Gasteiger partial charge in [0, 0.05) is 12.6 Å². The molecule has 0 bridgehead atoms. The van der Waals surface area contributed by atoms with E-state index in [0.717, 1.165) is 23.4 Å². The zero-order valence-corrected chi connectivity index (χ0v) is 20.8. The van der Waals surface area contributed by atoms with Crippen LogP contribution in [0.2, 0.25) is 0 Å². The second-order valence-corrected chi connectivity index (χ2v) is 9.48. The molecule has 0 radical (unpaired) electrons. The summed E-state index contributed by atoms with van der Waals surface area (Å²) in [4.78, 5) is 40.7. The van der Waals surface area contributed by atoms with Gasteiger partial charge in [0.1, 0.15) is 12.1 Å². The van der Waals surface area contributed by atoms with Crippen molar-refractivity contribution in [3.8, 4) is 5.69 Å². The first-order valence-electron chi connectivity index (χ1n) is 12.7. The number of nitrogens with one attached hydrogen (secondary N) is 2. The van der Waals surface area contributed by atoms with Crippen LogP contribution < -0.4 is 10.6 Å². The fraction of sp³-hybridized carbons (Fsp3) is 0.357. The van der Waals surface area contributed by atoms with Crippen LogP contribution in [0.4, 0.5) is 0 Å². The molecule has 1 aromatic heterocycles. The fourth-order valence-corrected chi connectivity index (χ4v) is 5.04. The molecular weight excluding hydrogens is 470 g/mol. The highest BCUT2D eigenvalue weighted by atomic mass is 16.5. The van der Waals surface area contributed by atoms with Crippen LogP contribution in [0.25, 0.3) is 5.69 Å². The molecule has 3 heterocycles. The molecule has 0 spiro atoms. The van der Waals surface area contributed by atoms with Crippen molar-refractivity contribution < 1.29 is 19.1 Å². The van der Waals surface area contributed by atoms with E-state index in [-0.39, 0.29) is 36.9 Å². The van der Waals surface area contributed by atoms with Gasteiger partial charge in [-0.2, -0.15) is 5.10 Å². The second kappa shape index (κ2) is 11.0. The minimum absolute atomic E-state index is 0.0960. The van der Waals surface area contributed by atoms with Gasteiger partial charge in [0.15, 0.2) is 0 Å². The van der Waals surface area contributed by atoms with E-state index in [1.807, 2.05) is 60.7 Å². The lowest BCUT2D eigenvalue weighted by molar-refractivity contribution is -0.148. The largest absolute Gasteiger partial charge is 0.374 e. The summed E-state index contributed by atoms with van der Waals surface area (Å²) in [6, 6.07) is 17.7. The number of nitrogens with zero attached hydrogens (tertiary/aromatic N) is 3. The number of carbonyl (C=O) groups excluding carboxylic acids is 3. The van der Waals surface area contributed by atoms with Crippen molar-refractivity contribution >= 4 is 17.7 Å². The van der Waals surface area contributed by atoms with Gasteiger partial charge in [-0.15, -0.1) is 0 Å². The predicted octanol–water partition coefficient (Wildman–Crippen LogP) is 2.24. The third-order valence-electron chi connectivity index (χ3n) is 6.83. The number of para-hydroxylation sites is 1. The Balaban J connectivity index is 1.22. The van der Waals surface area contributed by atoms with Crippen LogP contribution >= 0.6 is 0 Å². The molecule has 0 aliphatic carbocycles. The van der Waals surface area contributed by atoms with Gasteiger partial charge in [-0.25, -0.2) is 4.68 Å². The first-order valence-corrected chi connectivity index (χ1v) is 12.7. The molecule has 9 nitrogen and oxygen atoms in total. The van der Waals surface area contributed by atoms with Crippen molar-refractivity contribution in [1.82, 2.24) is 25.3 Å². The number of ether oxygens (including phenoxy) is 1. The highest BCUT2D eigenvalue weighted by molar-refractivity contribution is 5.98. The standard InChI is InChI=1S/C28H31N5O4/c1-2-9-24-22(15-29-33(24)21-12-7-4-8-13-21)26(34)30-20-14-25-27(35)31-23(28(36)32(25)16-20)18-37-17-19-10-5-3-6-11-19/h3-8,10-13,15,20,23,25H,2,9,14,16-18H2,1H3,(H,30,34)(H,31,35)/t20-,23-,25-/m0/s1. The molecule has 2 aliphatic heterocycles. The summed E-state index contributed by atoms with van der Waals surface area (Å²) in [6.45, 7) is 2.80. The highest BCUT2D eigenvalue weighted by Gasteiger charge is 2.47. The molecule has 0 unspecified atom stereocenters. The summed E-state index contributed by atoms with van der Waals surface area (Å²) in [6.07, 6.45) is 3.52. The van der Waals surface area contributed by atoms with Gasteiger partial charge < -0.3 is 20.3 Å². The minimum Gasteiger partial charge on any atom is -0.374 e. The summed E-state index contributed by atoms with van der Waals surface area (Å²) in [7, 11) is 0. The van der Waals surface area contributed by atoms with E-state index in [0.29, 0.717) is 25.0 Å². The van der Waals surface area contributed by atoms with Gasteiger partial charge in [-0.1, -0.05) is 61.9 Å². The van der Waals surface area contributed by atoms with Crippen LogP contribution in [0.5, 0.6) is 0 Å². The summed E-state index contributed by atoms with van der Waals surface area (Å²) in [5.74, 6) is -0.641. The number of aromatic nitrogens is 2. The zero-order chi connectivity index (χ0) is 25.8. The van der Waals surface area contributed by atoms with E-state index < -0.39 is 12.1 Å². The van der Waals surface area contributed by atoms with Crippen molar-refractivity contribution in [2.75, 3.05) is 13.2 Å². The summed E-state index contributed by atoms with van der Waals surface area (Å²) < 4.78 is 7.51. The lowest BCUT2D eigenvalue weighted by Gasteiger charge is -2.34. The van der Waals surface area contributed by atoms with Gasteiger partial charge in [0.25, 0.3) is 5.91 Å². The molecule has 2 saturated heterocycles. The van der Waals surface area contributed by atoms with Gasteiger partial charge in [-0.05, 0) is 30.5 Å². The first kappa shape index (κ1) is 24.7. The average molecular weight is 502 g/mol. The van der Waals surface area contributed by atoms with Crippen molar-refractivity contribution in [2.45, 2.75) is 50.9 Å². The Labute approximate surface area is 215 Å². The predicted molar refractivity (Wildman–Crippen MR) is 137 cm³/mol. The maximum absolute atomic E-state index is 13.3. The quantitative estimate of drug-likeness (QED) is 0.468. The van der Waals surface area contributed by atoms with E-state index in [1.54, 1.807) is 15.8 Å². The van der Waals surface area contributed by atoms with Crippen molar-refractivity contribution in [1.29, 1.82) is 0 Å². The van der Waals surface area contributed by atoms with Crippen LogP contribution in [0, 0.1) is 0 Å². The zero-order valence-electron chi connectivity index (χ0n) is 20.8. The lowest BCUT2D eigenvalue weighted by atomic mass is 10.1. The van der Waals surface area contributed by atoms with E-state index in [9.17, 15) is 14.4 Å². The number of carbonyl (C=O) groups is 3. The number of rotatable bonds is 9. The molecule has 3 aromatic rings. The first-order chi connectivity index (χ1) is 18.0. The molecule has 2 aromatic carbocycles. The van der Waals surface area contributed by atoms with E-state index in [4.69, 9.17) is 4.74 Å². The Kier molecular flexibility index (Phi) is 7.32. The van der Waals surface area contributed by atoms with Gasteiger partial charge >= 0.3 is 0 Å². The molecule has 2 aliphatic rings. The summed E-state index contributed by atoms with van der Waals surface area (Å²) in [5, 5.41) is 10.3. The molecule has 5 rings (SSSR count). The van der Waals surface area contributed by atoms with Crippen LogP contribution in [0.1, 0.15) is 41.4 Å². The van der Waals surface area contributed by atoms with E-state index in [1.165, 1.54) is 0 Å².